The summed E-state index contributed by atoms with van der Waals surface area (Å²) in [6.07, 6.45) is 1.87. The minimum Gasteiger partial charge on any atom is -0.480 e. The van der Waals surface area contributed by atoms with Crippen LogP contribution in [-0.4, -0.2) is 46.4 Å². The SMILES string of the molecule is CCC(CC)(NC(=O)CN1CCCC1=O)C(=O)O. The Morgan fingerprint density at radius 3 is 2.39 bits per heavy atom. The highest BCUT2D eigenvalue weighted by molar-refractivity contribution is 5.90. The Morgan fingerprint density at radius 1 is 1.39 bits per heavy atom. The van der Waals surface area contributed by atoms with E-state index in [9.17, 15) is 19.5 Å². The molecule has 1 aliphatic rings. The van der Waals surface area contributed by atoms with Crippen LogP contribution >= 0.6 is 0 Å². The normalized spacial score (nSPS) is 15.9. The fourth-order valence-electron chi connectivity index (χ4n) is 2.13. The highest BCUT2D eigenvalue weighted by atomic mass is 16.4. The molecule has 0 radical (unpaired) electrons. The lowest BCUT2D eigenvalue weighted by molar-refractivity contribution is -0.148. The predicted octanol–water partition coefficient (Wildman–Crippen LogP) is 0.368. The van der Waals surface area contributed by atoms with E-state index in [1.165, 1.54) is 4.90 Å². The van der Waals surface area contributed by atoms with Crippen molar-refractivity contribution in [3.05, 3.63) is 0 Å². The molecular weight excluding hydrogens is 236 g/mol. The molecule has 2 amide bonds. The van der Waals surface area contributed by atoms with Crippen molar-refractivity contribution in [3.8, 4) is 0 Å². The molecule has 102 valence electrons. The van der Waals surface area contributed by atoms with Crippen molar-refractivity contribution in [2.24, 2.45) is 0 Å². The lowest BCUT2D eigenvalue weighted by atomic mass is 9.93. The third-order valence-electron chi connectivity index (χ3n) is 3.50. The molecule has 1 aliphatic heterocycles. The topological polar surface area (TPSA) is 86.7 Å². The molecule has 0 saturated carbocycles. The Labute approximate surface area is 106 Å². The van der Waals surface area contributed by atoms with Crippen molar-refractivity contribution in [2.45, 2.75) is 45.1 Å². The van der Waals surface area contributed by atoms with Gasteiger partial charge in [-0.05, 0) is 19.3 Å². The Kier molecular flexibility index (Phi) is 4.69. The van der Waals surface area contributed by atoms with E-state index in [1.54, 1.807) is 13.8 Å². The maximum absolute atomic E-state index is 11.8. The van der Waals surface area contributed by atoms with Crippen molar-refractivity contribution in [2.75, 3.05) is 13.1 Å². The number of aliphatic carboxylic acids is 1. The molecule has 0 aromatic rings. The molecule has 1 saturated heterocycles. The number of carbonyl (C=O) groups is 3. The zero-order chi connectivity index (χ0) is 13.8. The number of carbonyl (C=O) groups excluding carboxylic acids is 2. The van der Waals surface area contributed by atoms with Crippen molar-refractivity contribution >= 4 is 17.8 Å². The first-order valence-corrected chi connectivity index (χ1v) is 6.27. The van der Waals surface area contributed by atoms with Gasteiger partial charge in [-0.3, -0.25) is 9.59 Å². The van der Waals surface area contributed by atoms with Gasteiger partial charge in [-0.15, -0.1) is 0 Å². The predicted molar refractivity (Wildman–Crippen MR) is 64.9 cm³/mol. The van der Waals surface area contributed by atoms with Gasteiger partial charge in [-0.1, -0.05) is 13.8 Å². The summed E-state index contributed by atoms with van der Waals surface area (Å²) in [5.74, 6) is -1.48. The lowest BCUT2D eigenvalue weighted by Gasteiger charge is -2.29. The van der Waals surface area contributed by atoms with Gasteiger partial charge in [-0.2, -0.15) is 0 Å². The monoisotopic (exact) mass is 256 g/mol. The van der Waals surface area contributed by atoms with E-state index < -0.39 is 17.4 Å². The van der Waals surface area contributed by atoms with E-state index in [1.807, 2.05) is 0 Å². The van der Waals surface area contributed by atoms with Crippen LogP contribution in [0.25, 0.3) is 0 Å². The lowest BCUT2D eigenvalue weighted by Crippen LogP contribution is -2.55. The fourth-order valence-corrected chi connectivity index (χ4v) is 2.13. The molecule has 0 atom stereocenters. The zero-order valence-corrected chi connectivity index (χ0v) is 10.9. The molecule has 0 unspecified atom stereocenters. The summed E-state index contributed by atoms with van der Waals surface area (Å²) < 4.78 is 0. The van der Waals surface area contributed by atoms with Crippen molar-refractivity contribution in [1.82, 2.24) is 10.2 Å². The van der Waals surface area contributed by atoms with Gasteiger partial charge >= 0.3 is 5.97 Å². The largest absolute Gasteiger partial charge is 0.480 e. The molecule has 1 fully saturated rings. The van der Waals surface area contributed by atoms with E-state index in [0.29, 0.717) is 25.8 Å². The maximum Gasteiger partial charge on any atom is 0.329 e. The number of nitrogens with zero attached hydrogens (tertiary/aromatic N) is 1. The third kappa shape index (κ3) is 3.00. The van der Waals surface area contributed by atoms with E-state index in [4.69, 9.17) is 0 Å². The number of rotatable bonds is 6. The van der Waals surface area contributed by atoms with Gasteiger partial charge in [-0.25, -0.2) is 4.79 Å². The second kappa shape index (κ2) is 5.84. The maximum atomic E-state index is 11.8. The van der Waals surface area contributed by atoms with Gasteiger partial charge in [0, 0.05) is 13.0 Å². The molecule has 2 N–H and O–H groups in total. The molecular formula is C12H20N2O4. The average molecular weight is 256 g/mol. The molecule has 18 heavy (non-hydrogen) atoms. The van der Waals surface area contributed by atoms with Crippen molar-refractivity contribution in [1.29, 1.82) is 0 Å². The summed E-state index contributed by atoms with van der Waals surface area (Å²) in [5, 5.41) is 11.7. The molecule has 1 heterocycles. The Hall–Kier alpha value is -1.59. The van der Waals surface area contributed by atoms with E-state index in [0.717, 1.165) is 6.42 Å². The first kappa shape index (κ1) is 14.5. The first-order valence-electron chi connectivity index (χ1n) is 6.27. The number of hydrogen-bond acceptors (Lipinski definition) is 3. The average Bonchev–Trinajstić information content (AvgIpc) is 2.71. The standard InChI is InChI=1S/C12H20N2O4/c1-3-12(4-2,11(17)18)13-9(15)8-14-7-5-6-10(14)16/h3-8H2,1-2H3,(H,13,15)(H,17,18). The van der Waals surface area contributed by atoms with Crippen LogP contribution in [0.1, 0.15) is 39.5 Å². The highest BCUT2D eigenvalue weighted by Gasteiger charge is 2.37. The Bertz CT molecular complexity index is 350. The van der Waals surface area contributed by atoms with Gasteiger partial charge in [0.15, 0.2) is 0 Å². The number of hydrogen-bond donors (Lipinski definition) is 2. The van der Waals surface area contributed by atoms with E-state index in [2.05, 4.69) is 5.32 Å². The molecule has 0 spiro atoms. The molecule has 0 aromatic heterocycles. The summed E-state index contributed by atoms with van der Waals surface area (Å²) in [6.45, 7) is 3.97. The van der Waals surface area contributed by atoms with Crippen molar-refractivity contribution in [3.63, 3.8) is 0 Å². The highest BCUT2D eigenvalue weighted by Crippen LogP contribution is 2.16. The summed E-state index contributed by atoms with van der Waals surface area (Å²) >= 11 is 0. The molecule has 6 heteroatoms. The Morgan fingerprint density at radius 2 is 2.00 bits per heavy atom. The summed E-state index contributed by atoms with van der Waals surface area (Å²) in [7, 11) is 0. The second-order valence-corrected chi connectivity index (χ2v) is 4.56. The van der Waals surface area contributed by atoms with Gasteiger partial charge < -0.3 is 15.3 Å². The van der Waals surface area contributed by atoms with Crippen LogP contribution in [0.5, 0.6) is 0 Å². The number of carboxylic acids is 1. The van der Waals surface area contributed by atoms with E-state index >= 15 is 0 Å². The van der Waals surface area contributed by atoms with Gasteiger partial charge in [0.05, 0.1) is 6.54 Å². The molecule has 1 rings (SSSR count). The Balaban J connectivity index is 2.62. The van der Waals surface area contributed by atoms with Crippen LogP contribution in [0.3, 0.4) is 0 Å². The molecule has 0 bridgehead atoms. The van der Waals surface area contributed by atoms with E-state index in [-0.39, 0.29) is 12.5 Å². The molecule has 0 aliphatic carbocycles. The number of nitrogens with one attached hydrogen (secondary N) is 1. The summed E-state index contributed by atoms with van der Waals surface area (Å²) in [5.41, 5.74) is -1.22. The number of likely N-dealkylation sites (tertiary alicyclic amines) is 1. The number of amides is 2. The van der Waals surface area contributed by atoms with Crippen LogP contribution in [0.2, 0.25) is 0 Å². The fraction of sp³-hybridized carbons (Fsp3) is 0.750. The van der Waals surface area contributed by atoms with Crippen molar-refractivity contribution < 1.29 is 19.5 Å². The molecule has 6 nitrogen and oxygen atoms in total. The minimum atomic E-state index is -1.22. The van der Waals surface area contributed by atoms with Gasteiger partial charge in [0.25, 0.3) is 0 Å². The smallest absolute Gasteiger partial charge is 0.329 e. The first-order chi connectivity index (χ1) is 8.45. The summed E-state index contributed by atoms with van der Waals surface area (Å²) in [6, 6.07) is 0. The van der Waals surface area contributed by atoms with Crippen LogP contribution in [0.4, 0.5) is 0 Å². The van der Waals surface area contributed by atoms with Crippen LogP contribution < -0.4 is 5.32 Å². The quantitative estimate of drug-likeness (QED) is 0.718. The van der Waals surface area contributed by atoms with Crippen LogP contribution in [0, 0.1) is 0 Å². The zero-order valence-electron chi connectivity index (χ0n) is 10.9. The van der Waals surface area contributed by atoms with Gasteiger partial charge in [0.1, 0.15) is 5.54 Å². The minimum absolute atomic E-state index is 0.0425. The summed E-state index contributed by atoms with van der Waals surface area (Å²) in [4.78, 5) is 35.9. The third-order valence-corrected chi connectivity index (χ3v) is 3.50. The number of carboxylic acid groups (broad SMARTS) is 1. The second-order valence-electron chi connectivity index (χ2n) is 4.56. The van der Waals surface area contributed by atoms with Crippen LogP contribution in [-0.2, 0) is 14.4 Å². The van der Waals surface area contributed by atoms with Gasteiger partial charge in [0.2, 0.25) is 11.8 Å². The van der Waals surface area contributed by atoms with Crippen LogP contribution in [0.15, 0.2) is 0 Å². The molecule has 0 aromatic carbocycles.